The summed E-state index contributed by atoms with van der Waals surface area (Å²) in [5, 5.41) is 11.0. The van der Waals surface area contributed by atoms with Crippen molar-refractivity contribution >= 4 is 65.0 Å². The molecule has 9 aromatic carbocycles. The first-order valence-electron chi connectivity index (χ1n) is 18.0. The molecular formula is C49H28FN3O. The van der Waals surface area contributed by atoms with Gasteiger partial charge in [-0.05, 0) is 109 Å². The van der Waals surface area contributed by atoms with E-state index in [1.165, 1.54) is 22.9 Å². The van der Waals surface area contributed by atoms with Crippen LogP contribution in [0.1, 0.15) is 0 Å². The van der Waals surface area contributed by atoms with Gasteiger partial charge in [-0.1, -0.05) is 109 Å². The van der Waals surface area contributed by atoms with Crippen molar-refractivity contribution in [3.63, 3.8) is 0 Å². The van der Waals surface area contributed by atoms with Crippen LogP contribution in [0.5, 0.6) is 0 Å². The Balaban J connectivity index is 1.15. The van der Waals surface area contributed by atoms with Crippen molar-refractivity contribution in [3.8, 4) is 45.3 Å². The fourth-order valence-corrected chi connectivity index (χ4v) is 7.93. The minimum Gasteiger partial charge on any atom is -0.455 e. The van der Waals surface area contributed by atoms with Gasteiger partial charge in [-0.15, -0.1) is 0 Å². The molecule has 0 aliphatic rings. The largest absolute Gasteiger partial charge is 0.455 e. The van der Waals surface area contributed by atoms with E-state index in [0.29, 0.717) is 23.0 Å². The van der Waals surface area contributed by atoms with E-state index in [4.69, 9.17) is 19.4 Å². The molecule has 2 aromatic heterocycles. The summed E-state index contributed by atoms with van der Waals surface area (Å²) in [6.07, 6.45) is 0. The highest BCUT2D eigenvalue weighted by molar-refractivity contribution is 6.20. The molecule has 11 rings (SSSR count). The van der Waals surface area contributed by atoms with Gasteiger partial charge in [0.25, 0.3) is 0 Å². The molecule has 11 aromatic rings. The second kappa shape index (κ2) is 11.9. The molecule has 0 unspecified atom stereocenters. The Morgan fingerprint density at radius 1 is 0.352 bits per heavy atom. The smallest absolute Gasteiger partial charge is 0.164 e. The van der Waals surface area contributed by atoms with Crippen LogP contribution in [0.2, 0.25) is 0 Å². The van der Waals surface area contributed by atoms with Crippen LogP contribution in [-0.2, 0) is 0 Å². The average Bonchev–Trinajstić information content (AvgIpc) is 3.61. The van der Waals surface area contributed by atoms with Gasteiger partial charge in [0.1, 0.15) is 17.0 Å². The molecule has 0 aliphatic heterocycles. The van der Waals surface area contributed by atoms with Crippen molar-refractivity contribution in [3.05, 3.63) is 176 Å². The molecule has 2 heterocycles. The molecule has 0 aliphatic carbocycles. The predicted octanol–water partition coefficient (Wildman–Crippen LogP) is 13.2. The van der Waals surface area contributed by atoms with Crippen LogP contribution in [0, 0.1) is 5.82 Å². The Morgan fingerprint density at radius 3 is 1.74 bits per heavy atom. The number of hydrogen-bond donors (Lipinski definition) is 0. The fourth-order valence-electron chi connectivity index (χ4n) is 7.93. The van der Waals surface area contributed by atoms with Gasteiger partial charge in [-0.2, -0.15) is 0 Å². The van der Waals surface area contributed by atoms with Gasteiger partial charge in [-0.25, -0.2) is 19.3 Å². The van der Waals surface area contributed by atoms with Crippen molar-refractivity contribution in [2.45, 2.75) is 0 Å². The highest BCUT2D eigenvalue weighted by Crippen LogP contribution is 2.42. The van der Waals surface area contributed by atoms with E-state index in [1.54, 1.807) is 12.1 Å². The van der Waals surface area contributed by atoms with E-state index in [-0.39, 0.29) is 5.82 Å². The lowest BCUT2D eigenvalue weighted by atomic mass is 9.94. The third kappa shape index (κ3) is 4.86. The molecule has 0 saturated carbocycles. The highest BCUT2D eigenvalue weighted by atomic mass is 19.1. The molecule has 0 atom stereocenters. The van der Waals surface area contributed by atoms with Crippen molar-refractivity contribution in [2.24, 2.45) is 0 Å². The molecule has 0 fully saturated rings. The standard InChI is InChI=1S/C49H28FN3O/c50-35-22-19-30(20-23-35)47-51-48(53-49(52-47)44-26-32-11-3-4-12-36(32)37-13-5-6-14-38(37)44)34-21-24-45-42(27-34)43-28-41(39-15-7-8-16-40(39)46(43)54-45)33-18-17-29-9-1-2-10-31(29)25-33/h1-28H. The van der Waals surface area contributed by atoms with Gasteiger partial charge >= 0.3 is 0 Å². The van der Waals surface area contributed by atoms with E-state index in [2.05, 4.69) is 121 Å². The van der Waals surface area contributed by atoms with E-state index >= 15 is 0 Å². The summed E-state index contributed by atoms with van der Waals surface area (Å²) in [5.74, 6) is 1.21. The first kappa shape index (κ1) is 30.4. The summed E-state index contributed by atoms with van der Waals surface area (Å²) in [6.45, 7) is 0. The number of benzene rings is 9. The first-order valence-corrected chi connectivity index (χ1v) is 18.0. The van der Waals surface area contributed by atoms with Crippen molar-refractivity contribution < 1.29 is 8.81 Å². The maximum Gasteiger partial charge on any atom is 0.164 e. The van der Waals surface area contributed by atoms with E-state index in [0.717, 1.165) is 76.5 Å². The molecule has 0 N–H and O–H groups in total. The summed E-state index contributed by atoms with van der Waals surface area (Å²) in [4.78, 5) is 15.2. The second-order valence-corrected chi connectivity index (χ2v) is 13.7. The van der Waals surface area contributed by atoms with E-state index in [9.17, 15) is 4.39 Å². The zero-order valence-electron chi connectivity index (χ0n) is 28.8. The molecule has 0 bridgehead atoms. The maximum absolute atomic E-state index is 14.1. The Bertz CT molecular complexity index is 3290. The van der Waals surface area contributed by atoms with Crippen LogP contribution in [0.25, 0.3) is 110 Å². The molecule has 252 valence electrons. The summed E-state index contributed by atoms with van der Waals surface area (Å²) in [6, 6.07) is 57.0. The first-order chi connectivity index (χ1) is 26.6. The topological polar surface area (TPSA) is 51.8 Å². The third-order valence-corrected chi connectivity index (χ3v) is 10.5. The monoisotopic (exact) mass is 693 g/mol. The van der Waals surface area contributed by atoms with Crippen molar-refractivity contribution in [2.75, 3.05) is 0 Å². The molecule has 0 amide bonds. The van der Waals surface area contributed by atoms with Crippen LogP contribution in [0.15, 0.2) is 174 Å². The lowest BCUT2D eigenvalue weighted by molar-refractivity contribution is 0.628. The van der Waals surface area contributed by atoms with E-state index in [1.807, 2.05) is 24.3 Å². The second-order valence-electron chi connectivity index (χ2n) is 13.7. The minimum atomic E-state index is -0.318. The molecular weight excluding hydrogens is 666 g/mol. The van der Waals surface area contributed by atoms with Gasteiger partial charge in [-0.3, -0.25) is 0 Å². The summed E-state index contributed by atoms with van der Waals surface area (Å²) < 4.78 is 20.7. The quantitative estimate of drug-likeness (QED) is 0.172. The van der Waals surface area contributed by atoms with Gasteiger partial charge in [0.2, 0.25) is 0 Å². The van der Waals surface area contributed by atoms with Gasteiger partial charge in [0, 0.05) is 32.8 Å². The van der Waals surface area contributed by atoms with Gasteiger partial charge < -0.3 is 4.42 Å². The summed E-state index contributed by atoms with van der Waals surface area (Å²) >= 11 is 0. The van der Waals surface area contributed by atoms with Crippen LogP contribution >= 0.6 is 0 Å². The number of rotatable bonds is 4. The predicted molar refractivity (Wildman–Crippen MR) is 219 cm³/mol. The Kier molecular flexibility index (Phi) is 6.70. The number of nitrogens with zero attached hydrogens (tertiary/aromatic N) is 3. The number of fused-ring (bicyclic) bond motifs is 9. The molecule has 4 nitrogen and oxygen atoms in total. The number of aromatic nitrogens is 3. The minimum absolute atomic E-state index is 0.318. The van der Waals surface area contributed by atoms with Gasteiger partial charge in [0.15, 0.2) is 17.5 Å². The molecule has 5 heteroatoms. The SMILES string of the molecule is Fc1ccc(-c2nc(-c3ccc4oc5c6ccccc6c(-c6ccc7ccccc7c6)cc5c4c3)nc(-c3cc4ccccc4c4ccccc34)n2)cc1. The highest BCUT2D eigenvalue weighted by Gasteiger charge is 2.19. The number of hydrogen-bond acceptors (Lipinski definition) is 4. The Morgan fingerprint density at radius 2 is 0.944 bits per heavy atom. The zero-order valence-corrected chi connectivity index (χ0v) is 28.8. The van der Waals surface area contributed by atoms with Gasteiger partial charge in [0.05, 0.1) is 0 Å². The molecule has 54 heavy (non-hydrogen) atoms. The summed E-state index contributed by atoms with van der Waals surface area (Å²) in [5.41, 5.74) is 6.33. The third-order valence-electron chi connectivity index (χ3n) is 10.5. The van der Waals surface area contributed by atoms with Crippen LogP contribution in [0.3, 0.4) is 0 Å². The van der Waals surface area contributed by atoms with Crippen LogP contribution < -0.4 is 0 Å². The van der Waals surface area contributed by atoms with Crippen LogP contribution in [-0.4, -0.2) is 15.0 Å². The average molecular weight is 694 g/mol. The molecule has 0 spiro atoms. The number of halogens is 1. The Hall–Kier alpha value is -7.24. The maximum atomic E-state index is 14.1. The lowest BCUT2D eigenvalue weighted by Gasteiger charge is -2.12. The van der Waals surface area contributed by atoms with E-state index < -0.39 is 0 Å². The Labute approximate surface area is 308 Å². The number of furan rings is 1. The molecule has 0 saturated heterocycles. The lowest BCUT2D eigenvalue weighted by Crippen LogP contribution is -2.01. The van der Waals surface area contributed by atoms with Crippen molar-refractivity contribution in [1.29, 1.82) is 0 Å². The summed E-state index contributed by atoms with van der Waals surface area (Å²) in [7, 11) is 0. The van der Waals surface area contributed by atoms with Crippen molar-refractivity contribution in [1.82, 2.24) is 15.0 Å². The normalized spacial score (nSPS) is 11.8. The fraction of sp³-hybridized carbons (Fsp3) is 0. The molecule has 0 radical (unpaired) electrons. The van der Waals surface area contributed by atoms with Crippen LogP contribution in [0.4, 0.5) is 4.39 Å². The zero-order chi connectivity index (χ0) is 35.8.